The van der Waals surface area contributed by atoms with Gasteiger partial charge in [-0.2, -0.15) is 0 Å². The van der Waals surface area contributed by atoms with Gasteiger partial charge in [0.1, 0.15) is 17.3 Å². The van der Waals surface area contributed by atoms with Crippen molar-refractivity contribution in [3.05, 3.63) is 41.4 Å². The van der Waals surface area contributed by atoms with Crippen LogP contribution in [0.1, 0.15) is 29.0 Å². The summed E-state index contributed by atoms with van der Waals surface area (Å²) in [6.45, 7) is 1.65. The number of halogens is 1. The highest BCUT2D eigenvalue weighted by Crippen LogP contribution is 2.24. The van der Waals surface area contributed by atoms with Gasteiger partial charge in [-0.05, 0) is 25.0 Å². The molecule has 7 heteroatoms. The van der Waals surface area contributed by atoms with Crippen molar-refractivity contribution in [1.29, 1.82) is 5.41 Å². The van der Waals surface area contributed by atoms with Gasteiger partial charge in [-0.15, -0.1) is 0 Å². The number of hydrogen-bond acceptors (Lipinski definition) is 4. The molecule has 2 aromatic rings. The summed E-state index contributed by atoms with van der Waals surface area (Å²) in [7, 11) is 0. The van der Waals surface area contributed by atoms with E-state index in [1.807, 2.05) is 4.90 Å². The van der Waals surface area contributed by atoms with Crippen LogP contribution in [0.3, 0.4) is 0 Å². The topological polar surface area (TPSA) is 96.2 Å². The molecule has 1 saturated heterocycles. The van der Waals surface area contributed by atoms with Gasteiger partial charge >= 0.3 is 0 Å². The van der Waals surface area contributed by atoms with E-state index >= 15 is 0 Å². The zero-order valence-corrected chi connectivity index (χ0v) is 11.8. The van der Waals surface area contributed by atoms with Crippen LogP contribution in [0.5, 0.6) is 0 Å². The average Bonchev–Trinajstić information content (AvgIpc) is 3.18. The van der Waals surface area contributed by atoms with Crippen LogP contribution in [-0.2, 0) is 0 Å². The van der Waals surface area contributed by atoms with E-state index in [1.54, 1.807) is 6.07 Å². The van der Waals surface area contributed by atoms with E-state index in [2.05, 4.69) is 5.16 Å². The number of nitrogens with one attached hydrogen (secondary N) is 1. The van der Waals surface area contributed by atoms with Gasteiger partial charge in [0.2, 0.25) is 5.76 Å². The highest BCUT2D eigenvalue weighted by molar-refractivity contribution is 5.97. The highest BCUT2D eigenvalue weighted by Gasteiger charge is 2.19. The van der Waals surface area contributed by atoms with Crippen LogP contribution >= 0.6 is 0 Å². The van der Waals surface area contributed by atoms with E-state index in [0.717, 1.165) is 25.9 Å². The molecule has 0 atom stereocenters. The summed E-state index contributed by atoms with van der Waals surface area (Å²) in [5.74, 6) is -1.08. The maximum absolute atomic E-state index is 14.3. The second-order valence-corrected chi connectivity index (χ2v) is 5.18. The number of likely N-dealkylation sites (tertiary alicyclic amines) is 1. The number of rotatable bonds is 3. The molecule has 1 amide bonds. The first-order valence-corrected chi connectivity index (χ1v) is 6.96. The molecule has 3 rings (SSSR count). The molecular weight excluding hydrogens is 287 g/mol. The number of primary amides is 1. The highest BCUT2D eigenvalue weighted by atomic mass is 19.1. The molecule has 114 valence electrons. The van der Waals surface area contributed by atoms with Gasteiger partial charge in [-0.1, -0.05) is 11.2 Å². The number of amides is 1. The second-order valence-electron chi connectivity index (χ2n) is 5.18. The Bertz CT molecular complexity index is 735. The summed E-state index contributed by atoms with van der Waals surface area (Å²) in [4.78, 5) is 12.9. The molecule has 6 nitrogen and oxygen atoms in total. The maximum atomic E-state index is 14.3. The lowest BCUT2D eigenvalue weighted by Gasteiger charge is -2.18. The molecule has 1 aromatic carbocycles. The van der Waals surface area contributed by atoms with Gasteiger partial charge in [0.25, 0.3) is 5.91 Å². The van der Waals surface area contributed by atoms with Crippen molar-refractivity contribution in [2.24, 2.45) is 5.73 Å². The molecule has 1 aliphatic rings. The predicted octanol–water partition coefficient (Wildman–Crippen LogP) is 2.00. The quantitative estimate of drug-likeness (QED) is 0.669. The van der Waals surface area contributed by atoms with E-state index in [4.69, 9.17) is 15.7 Å². The number of nitrogens with zero attached hydrogens (tertiary/aromatic N) is 2. The molecule has 0 unspecified atom stereocenters. The molecule has 1 aliphatic heterocycles. The van der Waals surface area contributed by atoms with Crippen molar-refractivity contribution < 1.29 is 13.7 Å². The minimum Gasteiger partial charge on any atom is -0.363 e. The fourth-order valence-corrected chi connectivity index (χ4v) is 2.51. The van der Waals surface area contributed by atoms with Gasteiger partial charge in [0.05, 0.1) is 0 Å². The van der Waals surface area contributed by atoms with Gasteiger partial charge in [0, 0.05) is 30.3 Å². The molecular formula is C15H15FN4O2. The average molecular weight is 302 g/mol. The van der Waals surface area contributed by atoms with Crippen molar-refractivity contribution in [3.8, 4) is 11.3 Å². The molecule has 1 aromatic heterocycles. The van der Waals surface area contributed by atoms with Crippen LogP contribution in [0, 0.1) is 11.2 Å². The summed E-state index contributed by atoms with van der Waals surface area (Å²) < 4.78 is 19.0. The molecule has 22 heavy (non-hydrogen) atoms. The Morgan fingerprint density at radius 3 is 2.64 bits per heavy atom. The van der Waals surface area contributed by atoms with Crippen LogP contribution in [0.25, 0.3) is 11.3 Å². The summed E-state index contributed by atoms with van der Waals surface area (Å²) in [5, 5.41) is 11.8. The SMILES string of the molecule is N=C(c1ccc(-c2cc(C(N)=O)on2)c(F)c1)N1CCCC1. The molecule has 0 radical (unpaired) electrons. The first-order chi connectivity index (χ1) is 10.6. The molecule has 2 heterocycles. The van der Waals surface area contributed by atoms with Gasteiger partial charge in [-0.25, -0.2) is 4.39 Å². The Morgan fingerprint density at radius 1 is 1.32 bits per heavy atom. The van der Waals surface area contributed by atoms with Gasteiger partial charge < -0.3 is 15.2 Å². The van der Waals surface area contributed by atoms with Crippen molar-refractivity contribution in [2.75, 3.05) is 13.1 Å². The molecule has 1 fully saturated rings. The molecule has 0 saturated carbocycles. The number of aromatic nitrogens is 1. The number of benzene rings is 1. The summed E-state index contributed by atoms with van der Waals surface area (Å²) in [6.07, 6.45) is 2.11. The van der Waals surface area contributed by atoms with Crippen LogP contribution in [0.4, 0.5) is 4.39 Å². The molecule has 0 aliphatic carbocycles. The van der Waals surface area contributed by atoms with Crippen molar-refractivity contribution in [2.45, 2.75) is 12.8 Å². The lowest BCUT2D eigenvalue weighted by Crippen LogP contribution is -2.27. The monoisotopic (exact) mass is 302 g/mol. The Kier molecular flexibility index (Phi) is 3.62. The maximum Gasteiger partial charge on any atom is 0.287 e. The fraction of sp³-hybridized carbons (Fsp3) is 0.267. The van der Waals surface area contributed by atoms with Crippen LogP contribution < -0.4 is 5.73 Å². The van der Waals surface area contributed by atoms with E-state index < -0.39 is 11.7 Å². The van der Waals surface area contributed by atoms with Crippen LogP contribution in [0.2, 0.25) is 0 Å². The summed E-state index contributed by atoms with van der Waals surface area (Å²) in [5.41, 5.74) is 5.99. The second kappa shape index (κ2) is 5.59. The van der Waals surface area contributed by atoms with Crippen LogP contribution in [-0.4, -0.2) is 34.9 Å². The third kappa shape index (κ3) is 2.57. The van der Waals surface area contributed by atoms with Crippen molar-refractivity contribution in [3.63, 3.8) is 0 Å². The Balaban J connectivity index is 1.88. The Hall–Kier alpha value is -2.70. The number of carbonyl (C=O) groups excluding carboxylic acids is 1. The standard InChI is InChI=1S/C15H15FN4O2/c16-11-7-9(14(17)20-5-1-2-6-20)3-4-10(11)12-8-13(15(18)21)22-19-12/h3-4,7-8,17H,1-2,5-6H2,(H2,18,21). The smallest absolute Gasteiger partial charge is 0.287 e. The normalized spacial score (nSPS) is 14.3. The first kappa shape index (κ1) is 14.2. The van der Waals surface area contributed by atoms with Gasteiger partial charge in [-0.3, -0.25) is 10.2 Å². The third-order valence-corrected chi connectivity index (χ3v) is 3.69. The lowest BCUT2D eigenvalue weighted by atomic mass is 10.1. The summed E-state index contributed by atoms with van der Waals surface area (Å²) in [6, 6.07) is 5.79. The zero-order chi connectivity index (χ0) is 15.7. The van der Waals surface area contributed by atoms with E-state index in [1.165, 1.54) is 18.2 Å². The Labute approximate surface area is 126 Å². The van der Waals surface area contributed by atoms with E-state index in [0.29, 0.717) is 11.4 Å². The Morgan fingerprint density at radius 2 is 2.05 bits per heavy atom. The van der Waals surface area contributed by atoms with E-state index in [-0.39, 0.29) is 17.0 Å². The summed E-state index contributed by atoms with van der Waals surface area (Å²) >= 11 is 0. The van der Waals surface area contributed by atoms with E-state index in [9.17, 15) is 9.18 Å². The minimum absolute atomic E-state index is 0.122. The number of hydrogen-bond donors (Lipinski definition) is 2. The first-order valence-electron chi connectivity index (χ1n) is 6.96. The van der Waals surface area contributed by atoms with Crippen molar-refractivity contribution >= 4 is 11.7 Å². The van der Waals surface area contributed by atoms with Crippen LogP contribution in [0.15, 0.2) is 28.8 Å². The molecule has 0 spiro atoms. The third-order valence-electron chi connectivity index (χ3n) is 3.69. The number of nitrogens with two attached hydrogens (primary N) is 1. The zero-order valence-electron chi connectivity index (χ0n) is 11.8. The predicted molar refractivity (Wildman–Crippen MR) is 78.1 cm³/mol. The van der Waals surface area contributed by atoms with Crippen molar-refractivity contribution in [1.82, 2.24) is 10.1 Å². The number of amidine groups is 1. The van der Waals surface area contributed by atoms with Gasteiger partial charge in [0.15, 0.2) is 0 Å². The fourth-order valence-electron chi connectivity index (χ4n) is 2.51. The molecule has 3 N–H and O–H groups in total. The molecule has 0 bridgehead atoms. The minimum atomic E-state index is -0.758. The largest absolute Gasteiger partial charge is 0.363 e. The number of carbonyl (C=O) groups is 1. The lowest BCUT2D eigenvalue weighted by molar-refractivity contribution is 0.0965.